The Kier molecular flexibility index (Phi) is 5.76. The van der Waals surface area contributed by atoms with Crippen LogP contribution in [0.25, 0.3) is 0 Å². The van der Waals surface area contributed by atoms with Crippen LogP contribution < -0.4 is 5.73 Å². The lowest BCUT2D eigenvalue weighted by molar-refractivity contribution is -0.0583. The van der Waals surface area contributed by atoms with Gasteiger partial charge in [0, 0.05) is 12.5 Å². The summed E-state index contributed by atoms with van der Waals surface area (Å²) < 4.78 is 11.6. The van der Waals surface area contributed by atoms with Crippen LogP contribution >= 0.6 is 0 Å². The van der Waals surface area contributed by atoms with Crippen molar-refractivity contribution >= 4 is 0 Å². The fourth-order valence-electron chi connectivity index (χ4n) is 3.50. The normalized spacial score (nSPS) is 23.4. The highest BCUT2D eigenvalue weighted by molar-refractivity contribution is 5.05. The van der Waals surface area contributed by atoms with Crippen LogP contribution in [-0.2, 0) is 10.3 Å². The SMILES string of the molecule is CCOC(CC)(CC)c1noc(C2CCCCC2CN)n1. The van der Waals surface area contributed by atoms with Crippen LogP contribution in [0, 0.1) is 5.92 Å². The molecular weight excluding hydrogens is 266 g/mol. The standard InChI is InChI=1S/C16H29N3O2/c1-4-16(5-2,20-6-3)15-18-14(21-19-15)13-10-8-7-9-12(13)11-17/h12-13H,4-11,17H2,1-3H3. The summed E-state index contributed by atoms with van der Waals surface area (Å²) >= 11 is 0. The van der Waals surface area contributed by atoms with Gasteiger partial charge in [-0.15, -0.1) is 0 Å². The molecule has 2 unspecified atom stereocenters. The molecule has 0 radical (unpaired) electrons. The third-order valence-electron chi connectivity index (χ3n) is 4.94. The van der Waals surface area contributed by atoms with Gasteiger partial charge in [-0.3, -0.25) is 0 Å². The minimum Gasteiger partial charge on any atom is -0.367 e. The van der Waals surface area contributed by atoms with Crippen molar-refractivity contribution in [3.05, 3.63) is 11.7 Å². The molecule has 120 valence electrons. The van der Waals surface area contributed by atoms with E-state index in [1.165, 1.54) is 12.8 Å². The Morgan fingerprint density at radius 1 is 1.24 bits per heavy atom. The van der Waals surface area contributed by atoms with Crippen molar-refractivity contribution in [3.63, 3.8) is 0 Å². The van der Waals surface area contributed by atoms with E-state index in [1.54, 1.807) is 0 Å². The third kappa shape index (κ3) is 3.29. The van der Waals surface area contributed by atoms with Gasteiger partial charge in [-0.2, -0.15) is 4.98 Å². The molecule has 0 aromatic carbocycles. The Morgan fingerprint density at radius 3 is 2.57 bits per heavy atom. The summed E-state index contributed by atoms with van der Waals surface area (Å²) in [6, 6.07) is 0. The fraction of sp³-hybridized carbons (Fsp3) is 0.875. The third-order valence-corrected chi connectivity index (χ3v) is 4.94. The summed E-state index contributed by atoms with van der Waals surface area (Å²) in [5.74, 6) is 2.24. The molecule has 2 N–H and O–H groups in total. The first kappa shape index (κ1) is 16.4. The quantitative estimate of drug-likeness (QED) is 0.835. The number of hydrogen-bond donors (Lipinski definition) is 1. The molecule has 5 nitrogen and oxygen atoms in total. The van der Waals surface area contributed by atoms with E-state index >= 15 is 0 Å². The zero-order valence-electron chi connectivity index (χ0n) is 13.6. The van der Waals surface area contributed by atoms with Gasteiger partial charge in [0.25, 0.3) is 0 Å². The molecule has 0 amide bonds. The van der Waals surface area contributed by atoms with Gasteiger partial charge in [0.15, 0.2) is 0 Å². The van der Waals surface area contributed by atoms with Crippen LogP contribution in [0.1, 0.15) is 76.9 Å². The summed E-state index contributed by atoms with van der Waals surface area (Å²) in [7, 11) is 0. The first-order chi connectivity index (χ1) is 10.2. The molecule has 1 aliphatic rings. The summed E-state index contributed by atoms with van der Waals surface area (Å²) in [6.07, 6.45) is 6.44. The highest BCUT2D eigenvalue weighted by atomic mass is 16.5. The Morgan fingerprint density at radius 2 is 1.95 bits per heavy atom. The van der Waals surface area contributed by atoms with Gasteiger partial charge in [0.1, 0.15) is 5.60 Å². The Labute approximate surface area is 127 Å². The van der Waals surface area contributed by atoms with Crippen LogP contribution in [-0.4, -0.2) is 23.3 Å². The molecule has 0 spiro atoms. The minimum atomic E-state index is -0.413. The first-order valence-corrected chi connectivity index (χ1v) is 8.38. The second kappa shape index (κ2) is 7.36. The Hall–Kier alpha value is -0.940. The smallest absolute Gasteiger partial charge is 0.230 e. The van der Waals surface area contributed by atoms with Gasteiger partial charge >= 0.3 is 0 Å². The number of aromatic nitrogens is 2. The highest BCUT2D eigenvalue weighted by Crippen LogP contribution is 2.38. The van der Waals surface area contributed by atoms with E-state index in [9.17, 15) is 0 Å². The average Bonchev–Trinajstić information content (AvgIpc) is 3.03. The maximum absolute atomic E-state index is 5.96. The second-order valence-corrected chi connectivity index (χ2v) is 5.98. The minimum absolute atomic E-state index is 0.318. The van der Waals surface area contributed by atoms with E-state index in [1.807, 2.05) is 6.92 Å². The molecule has 1 saturated carbocycles. The predicted octanol–water partition coefficient (Wildman–Crippen LogP) is 3.35. The molecule has 2 rings (SSSR count). The molecule has 1 aromatic rings. The van der Waals surface area contributed by atoms with Crippen molar-refractivity contribution in [1.82, 2.24) is 10.1 Å². The van der Waals surface area contributed by atoms with E-state index in [4.69, 9.17) is 20.0 Å². The molecule has 5 heteroatoms. The fourth-order valence-corrected chi connectivity index (χ4v) is 3.50. The van der Waals surface area contributed by atoms with Crippen molar-refractivity contribution in [2.75, 3.05) is 13.2 Å². The van der Waals surface area contributed by atoms with Crippen LogP contribution in [0.4, 0.5) is 0 Å². The molecule has 0 aliphatic heterocycles. The van der Waals surface area contributed by atoms with E-state index in [-0.39, 0.29) is 0 Å². The van der Waals surface area contributed by atoms with Gasteiger partial charge in [-0.25, -0.2) is 0 Å². The monoisotopic (exact) mass is 295 g/mol. The lowest BCUT2D eigenvalue weighted by Gasteiger charge is -2.28. The Balaban J connectivity index is 2.23. The van der Waals surface area contributed by atoms with E-state index in [0.29, 0.717) is 30.8 Å². The maximum atomic E-state index is 5.96. The Bertz CT molecular complexity index is 429. The summed E-state index contributed by atoms with van der Waals surface area (Å²) in [5.41, 5.74) is 5.50. The van der Waals surface area contributed by atoms with Crippen molar-refractivity contribution in [1.29, 1.82) is 0 Å². The average molecular weight is 295 g/mol. The van der Waals surface area contributed by atoms with E-state index < -0.39 is 5.60 Å². The topological polar surface area (TPSA) is 74.2 Å². The molecule has 1 fully saturated rings. The molecule has 1 heterocycles. The van der Waals surface area contributed by atoms with Gasteiger partial charge in [0.2, 0.25) is 11.7 Å². The molecule has 0 saturated heterocycles. The van der Waals surface area contributed by atoms with Crippen molar-refractivity contribution in [2.45, 2.75) is 70.8 Å². The summed E-state index contributed by atoms with van der Waals surface area (Å²) in [5, 5.41) is 4.24. The van der Waals surface area contributed by atoms with Crippen molar-refractivity contribution in [2.24, 2.45) is 11.7 Å². The summed E-state index contributed by atoms with van der Waals surface area (Å²) in [4.78, 5) is 4.71. The van der Waals surface area contributed by atoms with Crippen LogP contribution in [0.3, 0.4) is 0 Å². The lowest BCUT2D eigenvalue weighted by atomic mass is 9.79. The van der Waals surface area contributed by atoms with E-state index in [0.717, 1.165) is 31.6 Å². The molecule has 2 atom stereocenters. The van der Waals surface area contributed by atoms with Gasteiger partial charge < -0.3 is 15.0 Å². The van der Waals surface area contributed by atoms with E-state index in [2.05, 4.69) is 19.0 Å². The molecular formula is C16H29N3O2. The number of hydrogen-bond acceptors (Lipinski definition) is 5. The summed E-state index contributed by atoms with van der Waals surface area (Å²) in [6.45, 7) is 7.57. The zero-order chi connectivity index (χ0) is 15.3. The second-order valence-electron chi connectivity index (χ2n) is 5.98. The van der Waals surface area contributed by atoms with Crippen molar-refractivity contribution in [3.8, 4) is 0 Å². The number of nitrogens with zero attached hydrogens (tertiary/aromatic N) is 2. The molecule has 1 aliphatic carbocycles. The zero-order valence-corrected chi connectivity index (χ0v) is 13.6. The van der Waals surface area contributed by atoms with Crippen LogP contribution in [0.5, 0.6) is 0 Å². The van der Waals surface area contributed by atoms with Gasteiger partial charge in [-0.05, 0) is 45.1 Å². The first-order valence-electron chi connectivity index (χ1n) is 8.38. The molecule has 21 heavy (non-hydrogen) atoms. The molecule has 1 aromatic heterocycles. The maximum Gasteiger partial charge on any atom is 0.230 e. The predicted molar refractivity (Wildman–Crippen MR) is 81.9 cm³/mol. The number of ether oxygens (including phenoxy) is 1. The number of nitrogens with two attached hydrogens (primary N) is 1. The number of rotatable bonds is 7. The lowest BCUT2D eigenvalue weighted by Crippen LogP contribution is -2.30. The van der Waals surface area contributed by atoms with Crippen LogP contribution in [0.15, 0.2) is 4.52 Å². The van der Waals surface area contributed by atoms with Gasteiger partial charge in [0.05, 0.1) is 0 Å². The largest absolute Gasteiger partial charge is 0.367 e. The molecule has 0 bridgehead atoms. The highest BCUT2D eigenvalue weighted by Gasteiger charge is 2.37. The van der Waals surface area contributed by atoms with Crippen molar-refractivity contribution < 1.29 is 9.26 Å². The van der Waals surface area contributed by atoms with Crippen LogP contribution in [0.2, 0.25) is 0 Å². The van der Waals surface area contributed by atoms with Gasteiger partial charge in [-0.1, -0.05) is 31.8 Å².